The molecule has 28 aliphatic rings. The van der Waals surface area contributed by atoms with Crippen LogP contribution in [0.2, 0.25) is 0 Å². The van der Waals surface area contributed by atoms with E-state index in [4.69, 9.17) is 0 Å². The zero-order valence-electron chi connectivity index (χ0n) is 76.5. The molecular weight excluding hydrogens is 1370 g/mol. The highest BCUT2D eigenvalue weighted by Gasteiger charge is 2.50. The molecule has 0 radical (unpaired) electrons. The minimum atomic E-state index is 1.14. The third kappa shape index (κ3) is 24.6. The SMILES string of the molecule is C1CC2CCCC2C1.C1CC2CCCC2C2CC2C1.C1CC2CCCC3CCC(C1)C23.C1CCC2C(C1)CCC1CCCCC12.C1CCC2CC3CCCCC3CC2C1.C1CCC2CCCCC2C1.C1CCC2CCCCC2CC1.C1CC[C@H]2CCC[C@H]2C1.C1CC[C@H]2C[C@H]2C1.C1C[C@@H]2CC[C@@H]2C1.C1C[C@@H]2C[C@@H]2C1.C1C[C@H]2C[C@@H]12. The van der Waals surface area contributed by atoms with Crippen LogP contribution in [0.1, 0.15) is 527 Å². The fourth-order valence-electron chi connectivity index (χ4n) is 35.4. The van der Waals surface area contributed by atoms with Crippen molar-refractivity contribution in [3.8, 4) is 0 Å². The third-order valence-electron chi connectivity index (χ3n) is 42.7. The normalized spacial score (nSPS) is 47.6. The van der Waals surface area contributed by atoms with Crippen molar-refractivity contribution in [2.45, 2.75) is 527 Å². The maximum absolute atomic E-state index is 1.62. The summed E-state index contributed by atoms with van der Waals surface area (Å²) in [5.74, 6) is 37.7. The van der Waals surface area contributed by atoms with Gasteiger partial charge in [-0.3, -0.25) is 0 Å². The highest BCUT2D eigenvalue weighted by molar-refractivity contribution is 5.00. The summed E-state index contributed by atoms with van der Waals surface area (Å²) < 4.78 is 0. The summed E-state index contributed by atoms with van der Waals surface area (Å²) in [7, 11) is 0. The smallest absolute Gasteiger partial charge is 0.0329 e. The van der Waals surface area contributed by atoms with Gasteiger partial charge in [-0.05, 0) is 299 Å². The van der Waals surface area contributed by atoms with Crippen LogP contribution in [0.3, 0.4) is 0 Å². The topological polar surface area (TPSA) is 0 Å². The van der Waals surface area contributed by atoms with E-state index in [1.807, 2.05) is 0 Å². The molecule has 652 valence electrons. The van der Waals surface area contributed by atoms with Crippen molar-refractivity contribution >= 4 is 0 Å². The monoisotopic (exact) mass is 1570 g/mol. The summed E-state index contributed by atoms with van der Waals surface area (Å²) in [4.78, 5) is 0. The van der Waals surface area contributed by atoms with Gasteiger partial charge < -0.3 is 0 Å². The van der Waals surface area contributed by atoms with Crippen LogP contribution in [0.5, 0.6) is 0 Å². The van der Waals surface area contributed by atoms with E-state index in [9.17, 15) is 0 Å². The summed E-state index contributed by atoms with van der Waals surface area (Å²) >= 11 is 0. The standard InChI is InChI=1S/2C14H24.C12H20.C11H18.C11H20.C10H18.C9H16.C8H14.2C7H12.C6H10.C5H8/c1-3-7-13-11(5-1)9-10-12-6-2-4-8-14(12)13;1-2-6-12-10-14-8-4-3-7-13(14)9-11(12)5-1;1-3-9-4-2-6-11-8-7-10(5-1)12(9)11;1-3-8-4-2-6-10(8)11-7-9(11)5-1;1-2-6-10-8-4-5-9-11(10)7-3-1;1-2-6-10-8-4-3-7-9(10)5-1;1-2-5-9-7-3-6-8(9)4-1;1-3-7-5-2-6-8(7)4-1;1-2-6-4-5-7(6)3-1;1-2-4-7-5-6(7)3-1;1-2-5-4-6(5)3-1;1-2-5-3-4(1)5/h2*11-14H,1-10H2;9-12H,1-8H2;8-11H,1-7H2;10-11H,1-9H2;9-10H,1-8H2;8-9H,1-7H2;7-8H,1-6H2;2*6-7H,1-5H2;5-6H,1-4H2;4-5H,1-3H2/t;;;;;;8-,9+;;2*6-,7+;5-,6+;4-,5+. The highest BCUT2D eigenvalue weighted by atomic mass is 14.6. The fraction of sp³-hybridized carbons (Fsp3) is 1.00. The number of rotatable bonds is 0. The van der Waals surface area contributed by atoms with Crippen molar-refractivity contribution in [1.29, 1.82) is 0 Å². The van der Waals surface area contributed by atoms with Gasteiger partial charge in [0.25, 0.3) is 0 Å². The molecule has 0 nitrogen and oxygen atoms in total. The molecule has 0 aromatic heterocycles. The minimum Gasteiger partial charge on any atom is -0.0533 e. The number of fused-ring (bicyclic) bond motifs is 16. The maximum atomic E-state index is 1.62. The molecular formula is C114H196. The van der Waals surface area contributed by atoms with E-state index in [1.165, 1.54) is 246 Å². The highest BCUT2D eigenvalue weighted by Crippen LogP contribution is 2.60. The second kappa shape index (κ2) is 44.7. The lowest BCUT2D eigenvalue weighted by Gasteiger charge is -2.48. The Kier molecular flexibility index (Phi) is 33.8. The first-order valence-electron chi connectivity index (χ1n) is 56.5. The summed E-state index contributed by atoms with van der Waals surface area (Å²) in [6, 6.07) is 0. The van der Waals surface area contributed by atoms with Gasteiger partial charge in [-0.2, -0.15) is 0 Å². The second-order valence-electron chi connectivity index (χ2n) is 49.1. The molecule has 0 spiro atoms. The molecule has 114 heavy (non-hydrogen) atoms. The predicted octanol–water partition coefficient (Wildman–Crippen LogP) is 35.9. The molecule has 0 saturated heterocycles. The van der Waals surface area contributed by atoms with Crippen molar-refractivity contribution in [3.05, 3.63) is 0 Å². The van der Waals surface area contributed by atoms with Gasteiger partial charge in [0.2, 0.25) is 0 Å². The predicted molar refractivity (Wildman–Crippen MR) is 490 cm³/mol. The number of hydrogen-bond donors (Lipinski definition) is 0. The summed E-state index contributed by atoms with van der Waals surface area (Å²) in [5, 5.41) is 0. The lowest BCUT2D eigenvalue weighted by molar-refractivity contribution is 0.0278. The Bertz CT molecular complexity index is 2460. The molecule has 16 unspecified atom stereocenters. The van der Waals surface area contributed by atoms with Gasteiger partial charge in [0.15, 0.2) is 0 Å². The van der Waals surface area contributed by atoms with Crippen LogP contribution < -0.4 is 0 Å². The van der Waals surface area contributed by atoms with E-state index in [2.05, 4.69) is 0 Å². The molecule has 0 heteroatoms. The van der Waals surface area contributed by atoms with Crippen molar-refractivity contribution in [2.24, 2.45) is 189 Å². The molecule has 0 aliphatic heterocycles. The summed E-state index contributed by atoms with van der Waals surface area (Å²) in [5.41, 5.74) is 0. The van der Waals surface area contributed by atoms with E-state index in [-0.39, 0.29) is 0 Å². The van der Waals surface area contributed by atoms with Gasteiger partial charge in [-0.15, -0.1) is 0 Å². The van der Waals surface area contributed by atoms with Crippen molar-refractivity contribution < 1.29 is 0 Å². The van der Waals surface area contributed by atoms with Crippen LogP contribution in [0.4, 0.5) is 0 Å². The van der Waals surface area contributed by atoms with Gasteiger partial charge >= 0.3 is 0 Å². The molecule has 28 saturated carbocycles. The summed E-state index contributed by atoms with van der Waals surface area (Å²) in [6.45, 7) is 0. The summed E-state index contributed by atoms with van der Waals surface area (Å²) in [6.07, 6.45) is 128. The molecule has 28 rings (SSSR count). The fourth-order valence-corrected chi connectivity index (χ4v) is 35.4. The van der Waals surface area contributed by atoms with Crippen molar-refractivity contribution in [2.75, 3.05) is 0 Å². The second-order valence-corrected chi connectivity index (χ2v) is 49.1. The van der Waals surface area contributed by atoms with Gasteiger partial charge in [0, 0.05) is 0 Å². The molecule has 0 heterocycles. The Hall–Kier alpha value is 0. The Morgan fingerprint density at radius 1 is 0.0702 bits per heavy atom. The molecule has 28 aliphatic carbocycles. The van der Waals surface area contributed by atoms with E-state index in [0.29, 0.717) is 0 Å². The van der Waals surface area contributed by atoms with Crippen LogP contribution in [0.25, 0.3) is 0 Å². The minimum absolute atomic E-state index is 1.14. The lowest BCUT2D eigenvalue weighted by atomic mass is 9.58. The zero-order valence-corrected chi connectivity index (χ0v) is 76.5. The number of hydrogen-bond acceptors (Lipinski definition) is 0. The van der Waals surface area contributed by atoms with Crippen LogP contribution >= 0.6 is 0 Å². The van der Waals surface area contributed by atoms with Gasteiger partial charge in [-0.25, -0.2) is 0 Å². The Morgan fingerprint density at radius 3 is 0.491 bits per heavy atom. The van der Waals surface area contributed by atoms with Crippen molar-refractivity contribution in [1.82, 2.24) is 0 Å². The van der Waals surface area contributed by atoms with E-state index in [1.54, 1.807) is 411 Å². The molecule has 0 N–H and O–H groups in total. The first kappa shape index (κ1) is 86.1. The first-order valence-corrected chi connectivity index (χ1v) is 56.5. The van der Waals surface area contributed by atoms with Gasteiger partial charge in [0.05, 0.1) is 0 Å². The average Bonchev–Trinajstić information content (AvgIpc) is 1.60. The third-order valence-corrected chi connectivity index (χ3v) is 42.7. The molecule has 0 aromatic rings. The van der Waals surface area contributed by atoms with Crippen LogP contribution in [0, 0.1) is 189 Å². The molecule has 0 aromatic carbocycles. The molecule has 28 fully saturated rings. The van der Waals surface area contributed by atoms with Crippen LogP contribution in [-0.4, -0.2) is 0 Å². The molecule has 0 bridgehead atoms. The Morgan fingerprint density at radius 2 is 0.211 bits per heavy atom. The molecule has 0 amide bonds. The Balaban J connectivity index is 0.0000000907. The maximum Gasteiger partial charge on any atom is -0.0329 e. The van der Waals surface area contributed by atoms with Crippen molar-refractivity contribution in [3.63, 3.8) is 0 Å². The van der Waals surface area contributed by atoms with E-state index in [0.717, 1.165) is 59.2 Å². The van der Waals surface area contributed by atoms with Crippen LogP contribution in [-0.2, 0) is 0 Å². The van der Waals surface area contributed by atoms with Gasteiger partial charge in [-0.1, -0.05) is 417 Å². The molecule has 26 atom stereocenters. The Labute approximate surface area is 711 Å². The largest absolute Gasteiger partial charge is 0.0533 e. The quantitative estimate of drug-likeness (QED) is 0.227. The average molecular weight is 1570 g/mol. The first-order chi connectivity index (χ1) is 56.5. The van der Waals surface area contributed by atoms with Crippen LogP contribution in [0.15, 0.2) is 0 Å². The van der Waals surface area contributed by atoms with Gasteiger partial charge in [0.1, 0.15) is 0 Å². The lowest BCUT2D eigenvalue weighted by Crippen LogP contribution is -2.38. The van der Waals surface area contributed by atoms with E-state index >= 15 is 0 Å². The van der Waals surface area contributed by atoms with E-state index < -0.39 is 0 Å². The zero-order chi connectivity index (χ0) is 76.5.